The van der Waals surface area contributed by atoms with Gasteiger partial charge in [-0.25, -0.2) is 0 Å². The minimum absolute atomic E-state index is 0.0896. The highest BCUT2D eigenvalue weighted by atomic mass is 35.5. The Morgan fingerprint density at radius 2 is 1.67 bits per heavy atom. The van der Waals surface area contributed by atoms with E-state index in [1.54, 1.807) is 18.3 Å². The van der Waals surface area contributed by atoms with Crippen LogP contribution in [0.2, 0.25) is 5.02 Å². The number of carbonyl (C=O) groups is 2. The first-order valence-corrected chi connectivity index (χ1v) is 11.6. The molecule has 4 rings (SSSR count). The lowest BCUT2D eigenvalue weighted by molar-refractivity contribution is -0.125. The lowest BCUT2D eigenvalue weighted by atomic mass is 9.83. The van der Waals surface area contributed by atoms with Gasteiger partial charge in [0.15, 0.2) is 0 Å². The highest BCUT2D eigenvalue weighted by Crippen LogP contribution is 2.29. The highest BCUT2D eigenvalue weighted by molar-refractivity contribution is 6.30. The van der Waals surface area contributed by atoms with Crippen LogP contribution < -0.4 is 10.6 Å². The van der Waals surface area contributed by atoms with E-state index in [0.29, 0.717) is 29.7 Å². The summed E-state index contributed by atoms with van der Waals surface area (Å²) in [5.41, 5.74) is 3.13. The van der Waals surface area contributed by atoms with Crippen LogP contribution in [0.25, 0.3) is 11.1 Å². The van der Waals surface area contributed by atoms with Gasteiger partial charge in [-0.3, -0.25) is 14.6 Å². The van der Waals surface area contributed by atoms with E-state index in [9.17, 15) is 9.59 Å². The Morgan fingerprint density at radius 1 is 0.970 bits per heavy atom. The van der Waals surface area contributed by atoms with E-state index in [0.717, 1.165) is 22.3 Å². The van der Waals surface area contributed by atoms with Crippen LogP contribution in [0, 0.1) is 5.92 Å². The van der Waals surface area contributed by atoms with Crippen molar-refractivity contribution in [1.82, 2.24) is 15.6 Å². The van der Waals surface area contributed by atoms with Gasteiger partial charge in [-0.1, -0.05) is 54.1 Å². The first kappa shape index (κ1) is 23.0. The second-order valence-electron chi connectivity index (χ2n) is 9.02. The maximum atomic E-state index is 13.1. The molecule has 6 heteroatoms. The lowest BCUT2D eigenvalue weighted by Crippen LogP contribution is -2.39. The van der Waals surface area contributed by atoms with Crippen LogP contribution in [0.3, 0.4) is 0 Å². The van der Waals surface area contributed by atoms with E-state index in [2.05, 4.69) is 15.6 Å². The number of rotatable bonds is 8. The average molecular weight is 462 g/mol. The van der Waals surface area contributed by atoms with Gasteiger partial charge in [0.2, 0.25) is 5.91 Å². The number of amides is 2. The second kappa shape index (κ2) is 9.75. The van der Waals surface area contributed by atoms with Gasteiger partial charge >= 0.3 is 0 Å². The van der Waals surface area contributed by atoms with E-state index in [-0.39, 0.29) is 11.8 Å². The number of carbonyl (C=O) groups excluding carboxylic acids is 2. The third-order valence-electron chi connectivity index (χ3n) is 6.15. The van der Waals surface area contributed by atoms with Crippen molar-refractivity contribution in [2.45, 2.75) is 38.6 Å². The van der Waals surface area contributed by atoms with E-state index < -0.39 is 5.41 Å². The Kier molecular flexibility index (Phi) is 6.80. The van der Waals surface area contributed by atoms with Crippen LogP contribution in [0.15, 0.2) is 66.9 Å². The number of benzene rings is 2. The van der Waals surface area contributed by atoms with Crippen molar-refractivity contribution < 1.29 is 9.59 Å². The van der Waals surface area contributed by atoms with Crippen LogP contribution in [0.4, 0.5) is 0 Å². The molecular weight excluding hydrogens is 434 g/mol. The van der Waals surface area contributed by atoms with Gasteiger partial charge in [-0.15, -0.1) is 0 Å². The molecule has 1 fully saturated rings. The standard InChI is InChI=1S/C27H28ClN3O2/c1-27(2,20-11-13-21(28)14-12-20)26(33)31-17-19-6-3-4-7-22(19)23-8-5-15-29-24(23)25(32)30-16-18-9-10-18/h3-8,11-15,18H,9-10,16-17H2,1-2H3,(H,30,32)(H,31,33). The Labute approximate surface area is 199 Å². The van der Waals surface area contributed by atoms with Crippen LogP contribution >= 0.6 is 11.6 Å². The molecule has 1 aromatic heterocycles. The number of nitrogens with zero attached hydrogens (tertiary/aromatic N) is 1. The molecule has 0 atom stereocenters. The monoisotopic (exact) mass is 461 g/mol. The number of hydrogen-bond donors (Lipinski definition) is 2. The third-order valence-corrected chi connectivity index (χ3v) is 6.40. The average Bonchev–Trinajstić information content (AvgIpc) is 3.66. The fraction of sp³-hybridized carbons (Fsp3) is 0.296. The molecule has 33 heavy (non-hydrogen) atoms. The van der Waals surface area contributed by atoms with Crippen LogP contribution in [-0.2, 0) is 16.8 Å². The first-order valence-electron chi connectivity index (χ1n) is 11.2. The van der Waals surface area contributed by atoms with Crippen LogP contribution in [-0.4, -0.2) is 23.3 Å². The quantitative estimate of drug-likeness (QED) is 0.488. The zero-order valence-corrected chi connectivity index (χ0v) is 19.7. The number of nitrogens with one attached hydrogen (secondary N) is 2. The van der Waals surface area contributed by atoms with Gasteiger partial charge in [0.1, 0.15) is 5.69 Å². The number of halogens is 1. The minimum Gasteiger partial charge on any atom is -0.351 e. The van der Waals surface area contributed by atoms with Crippen molar-refractivity contribution in [3.8, 4) is 11.1 Å². The van der Waals surface area contributed by atoms with Crippen LogP contribution in [0.5, 0.6) is 0 Å². The Morgan fingerprint density at radius 3 is 2.39 bits per heavy atom. The molecule has 0 unspecified atom stereocenters. The van der Waals surface area contributed by atoms with Gasteiger partial charge in [0.05, 0.1) is 5.41 Å². The van der Waals surface area contributed by atoms with Crippen molar-refractivity contribution >= 4 is 23.4 Å². The largest absolute Gasteiger partial charge is 0.351 e. The predicted molar refractivity (Wildman–Crippen MR) is 131 cm³/mol. The molecule has 3 aromatic rings. The van der Waals surface area contributed by atoms with Gasteiger partial charge in [0.25, 0.3) is 5.91 Å². The molecular formula is C27H28ClN3O2. The molecule has 2 aromatic carbocycles. The summed E-state index contributed by atoms with van der Waals surface area (Å²) in [7, 11) is 0. The fourth-order valence-corrected chi connectivity index (χ4v) is 3.90. The van der Waals surface area contributed by atoms with E-state index >= 15 is 0 Å². The second-order valence-corrected chi connectivity index (χ2v) is 9.46. The number of hydrogen-bond acceptors (Lipinski definition) is 3. The minimum atomic E-state index is -0.721. The molecule has 1 aliphatic rings. The Balaban J connectivity index is 1.53. The maximum Gasteiger partial charge on any atom is 0.270 e. The van der Waals surface area contributed by atoms with Crippen molar-refractivity contribution in [2.75, 3.05) is 6.54 Å². The molecule has 1 saturated carbocycles. The molecule has 5 nitrogen and oxygen atoms in total. The molecule has 2 N–H and O–H groups in total. The SMILES string of the molecule is CC(C)(C(=O)NCc1ccccc1-c1cccnc1C(=O)NCC1CC1)c1ccc(Cl)cc1. The Bertz CT molecular complexity index is 1150. The third kappa shape index (κ3) is 5.42. The summed E-state index contributed by atoms with van der Waals surface area (Å²) < 4.78 is 0. The van der Waals surface area contributed by atoms with Gasteiger partial charge in [0, 0.05) is 29.9 Å². The van der Waals surface area contributed by atoms with Gasteiger partial charge in [-0.2, -0.15) is 0 Å². The molecule has 1 heterocycles. The van der Waals surface area contributed by atoms with Crippen molar-refractivity contribution in [2.24, 2.45) is 5.92 Å². The summed E-state index contributed by atoms with van der Waals surface area (Å²) in [5, 5.41) is 6.71. The molecule has 0 spiro atoms. The fourth-order valence-electron chi connectivity index (χ4n) is 3.78. The Hall–Kier alpha value is -3.18. The molecule has 0 aliphatic heterocycles. The van der Waals surface area contributed by atoms with Gasteiger partial charge in [-0.05, 0) is 67.5 Å². The summed E-state index contributed by atoms with van der Waals surface area (Å²) in [4.78, 5) is 30.3. The summed E-state index contributed by atoms with van der Waals surface area (Å²) in [6, 6.07) is 18.8. The topological polar surface area (TPSA) is 71.1 Å². The van der Waals surface area contributed by atoms with Crippen molar-refractivity contribution in [3.63, 3.8) is 0 Å². The van der Waals surface area contributed by atoms with Gasteiger partial charge < -0.3 is 10.6 Å². The smallest absolute Gasteiger partial charge is 0.270 e. The summed E-state index contributed by atoms with van der Waals surface area (Å²) in [5.74, 6) is 0.334. The summed E-state index contributed by atoms with van der Waals surface area (Å²) in [6.45, 7) is 4.80. The molecule has 170 valence electrons. The van der Waals surface area contributed by atoms with Crippen molar-refractivity contribution in [1.29, 1.82) is 0 Å². The predicted octanol–water partition coefficient (Wildman–Crippen LogP) is 5.14. The lowest BCUT2D eigenvalue weighted by Gasteiger charge is -2.24. The van der Waals surface area contributed by atoms with Crippen LogP contribution in [0.1, 0.15) is 48.3 Å². The summed E-state index contributed by atoms with van der Waals surface area (Å²) >= 11 is 6.00. The highest BCUT2D eigenvalue weighted by Gasteiger charge is 2.30. The number of aromatic nitrogens is 1. The molecule has 0 radical (unpaired) electrons. The van der Waals surface area contributed by atoms with E-state index in [4.69, 9.17) is 11.6 Å². The first-order chi connectivity index (χ1) is 15.9. The van der Waals surface area contributed by atoms with Crippen molar-refractivity contribution in [3.05, 3.63) is 88.7 Å². The van der Waals surface area contributed by atoms with E-state index in [1.807, 2.05) is 62.4 Å². The molecule has 0 bridgehead atoms. The molecule has 2 amide bonds. The summed E-state index contributed by atoms with van der Waals surface area (Å²) in [6.07, 6.45) is 3.98. The number of pyridine rings is 1. The zero-order valence-electron chi connectivity index (χ0n) is 18.9. The molecule has 0 saturated heterocycles. The van der Waals surface area contributed by atoms with E-state index in [1.165, 1.54) is 12.8 Å². The molecule has 1 aliphatic carbocycles. The maximum absolute atomic E-state index is 13.1. The zero-order chi connectivity index (χ0) is 23.4. The normalized spacial score (nSPS) is 13.4.